The number of aromatic nitrogens is 4. The van der Waals surface area contributed by atoms with E-state index in [1.807, 2.05) is 12.1 Å². The molecule has 2 heterocycles. The molecular weight excluding hydrogens is 204 g/mol. The Morgan fingerprint density at radius 1 is 1.44 bits per heavy atom. The Balaban J connectivity index is 2.34. The summed E-state index contributed by atoms with van der Waals surface area (Å²) in [5.74, 6) is 2.07. The number of pyridine rings is 1. The first-order chi connectivity index (χ1) is 7.85. The van der Waals surface area contributed by atoms with Gasteiger partial charge in [0.1, 0.15) is 5.82 Å². The third-order valence-electron chi connectivity index (χ3n) is 2.22. The van der Waals surface area contributed by atoms with Crippen molar-refractivity contribution in [3.63, 3.8) is 0 Å². The third kappa shape index (κ3) is 2.03. The molecule has 0 aromatic carbocycles. The molecule has 2 aromatic heterocycles. The zero-order valence-corrected chi connectivity index (χ0v) is 9.40. The summed E-state index contributed by atoms with van der Waals surface area (Å²) >= 11 is 0. The van der Waals surface area contributed by atoms with Crippen LogP contribution in [0.4, 0.5) is 0 Å². The zero-order chi connectivity index (χ0) is 11.4. The smallest absolute Gasteiger partial charge is 0.224 e. The Morgan fingerprint density at radius 2 is 2.31 bits per heavy atom. The topological polar surface area (TPSA) is 63.7 Å². The van der Waals surface area contributed by atoms with Crippen molar-refractivity contribution in [2.24, 2.45) is 0 Å². The van der Waals surface area contributed by atoms with Crippen molar-refractivity contribution in [3.8, 4) is 17.3 Å². The van der Waals surface area contributed by atoms with Gasteiger partial charge in [-0.2, -0.15) is 5.10 Å². The number of nitrogens with zero attached hydrogens (tertiary/aromatic N) is 3. The number of aromatic amines is 1. The maximum atomic E-state index is 5.16. The number of aryl methyl sites for hydroxylation is 1. The maximum absolute atomic E-state index is 5.16. The Morgan fingerprint density at radius 3 is 3.06 bits per heavy atom. The Hall–Kier alpha value is -1.91. The monoisotopic (exact) mass is 218 g/mol. The van der Waals surface area contributed by atoms with Crippen molar-refractivity contribution in [1.29, 1.82) is 0 Å². The van der Waals surface area contributed by atoms with Gasteiger partial charge in [-0.15, -0.1) is 0 Å². The minimum Gasteiger partial charge on any atom is -0.480 e. The molecule has 5 heteroatoms. The fourth-order valence-corrected chi connectivity index (χ4v) is 1.49. The van der Waals surface area contributed by atoms with E-state index in [1.165, 1.54) is 0 Å². The van der Waals surface area contributed by atoms with Gasteiger partial charge in [-0.3, -0.25) is 5.10 Å². The average molecular weight is 218 g/mol. The molecule has 0 saturated heterocycles. The van der Waals surface area contributed by atoms with E-state index in [1.54, 1.807) is 13.3 Å². The molecule has 84 valence electrons. The first-order valence-electron chi connectivity index (χ1n) is 5.25. The van der Waals surface area contributed by atoms with Gasteiger partial charge in [0.05, 0.1) is 12.7 Å². The van der Waals surface area contributed by atoms with Crippen molar-refractivity contribution in [1.82, 2.24) is 20.2 Å². The molecule has 5 nitrogen and oxygen atoms in total. The lowest BCUT2D eigenvalue weighted by atomic mass is 10.2. The van der Waals surface area contributed by atoms with E-state index >= 15 is 0 Å². The van der Waals surface area contributed by atoms with E-state index in [9.17, 15) is 0 Å². The molecule has 0 spiro atoms. The summed E-state index contributed by atoms with van der Waals surface area (Å²) in [4.78, 5) is 8.50. The van der Waals surface area contributed by atoms with Crippen molar-refractivity contribution >= 4 is 0 Å². The highest BCUT2D eigenvalue weighted by Gasteiger charge is 2.11. The van der Waals surface area contributed by atoms with Crippen molar-refractivity contribution in [2.75, 3.05) is 7.11 Å². The Labute approximate surface area is 93.9 Å². The minimum absolute atomic E-state index is 0.546. The summed E-state index contributed by atoms with van der Waals surface area (Å²) in [5.41, 5.74) is 0.809. The maximum Gasteiger partial charge on any atom is 0.224 e. The van der Waals surface area contributed by atoms with E-state index < -0.39 is 0 Å². The van der Waals surface area contributed by atoms with Gasteiger partial charge in [0, 0.05) is 12.6 Å². The van der Waals surface area contributed by atoms with Gasteiger partial charge in [-0.1, -0.05) is 6.92 Å². The molecule has 0 fully saturated rings. The molecule has 0 amide bonds. The largest absolute Gasteiger partial charge is 0.480 e. The second-order valence-electron chi connectivity index (χ2n) is 3.42. The molecule has 0 aliphatic carbocycles. The predicted octanol–water partition coefficient (Wildman–Crippen LogP) is 1.83. The van der Waals surface area contributed by atoms with Crippen molar-refractivity contribution in [2.45, 2.75) is 19.8 Å². The number of ether oxygens (including phenoxy) is 1. The van der Waals surface area contributed by atoms with Crippen LogP contribution < -0.4 is 4.74 Å². The van der Waals surface area contributed by atoms with Crippen LogP contribution in [0.15, 0.2) is 18.3 Å². The number of H-pyrrole nitrogens is 1. The molecule has 2 aromatic rings. The second kappa shape index (κ2) is 4.74. The van der Waals surface area contributed by atoms with Crippen molar-refractivity contribution < 1.29 is 4.74 Å². The summed E-state index contributed by atoms with van der Waals surface area (Å²) in [7, 11) is 1.59. The Kier molecular flexibility index (Phi) is 3.14. The molecule has 0 bridgehead atoms. The van der Waals surface area contributed by atoms with Gasteiger partial charge in [0.2, 0.25) is 5.88 Å². The van der Waals surface area contributed by atoms with Crippen molar-refractivity contribution in [3.05, 3.63) is 24.2 Å². The summed E-state index contributed by atoms with van der Waals surface area (Å²) in [5, 5.41) is 7.07. The van der Waals surface area contributed by atoms with E-state index in [4.69, 9.17) is 4.74 Å². The molecule has 2 rings (SSSR count). The Bertz CT molecular complexity index is 467. The molecule has 1 N–H and O–H groups in total. The fourth-order valence-electron chi connectivity index (χ4n) is 1.49. The van der Waals surface area contributed by atoms with Crippen LogP contribution in [0.3, 0.4) is 0 Å². The number of hydrogen-bond donors (Lipinski definition) is 1. The first-order valence-corrected chi connectivity index (χ1v) is 5.25. The highest BCUT2D eigenvalue weighted by Crippen LogP contribution is 2.23. The molecule has 0 atom stereocenters. The SMILES string of the molecule is CCCc1nc(-c2cccnc2OC)n[nH]1. The summed E-state index contributed by atoms with van der Waals surface area (Å²) in [6, 6.07) is 3.73. The average Bonchev–Trinajstić information content (AvgIpc) is 2.78. The van der Waals surface area contributed by atoms with Crippen LogP contribution in [0, 0.1) is 0 Å². The van der Waals surface area contributed by atoms with E-state index in [-0.39, 0.29) is 0 Å². The van der Waals surface area contributed by atoms with Crippen LogP contribution in [0.25, 0.3) is 11.4 Å². The lowest BCUT2D eigenvalue weighted by Gasteiger charge is -2.01. The van der Waals surface area contributed by atoms with Crippen LogP contribution in [0.2, 0.25) is 0 Å². The summed E-state index contributed by atoms with van der Waals surface area (Å²) in [6.07, 6.45) is 3.62. The highest BCUT2D eigenvalue weighted by molar-refractivity contribution is 5.60. The van der Waals surface area contributed by atoms with Crippen LogP contribution in [-0.2, 0) is 6.42 Å². The minimum atomic E-state index is 0.546. The molecular formula is C11H14N4O. The van der Waals surface area contributed by atoms with Gasteiger partial charge in [-0.25, -0.2) is 9.97 Å². The molecule has 0 radical (unpaired) electrons. The van der Waals surface area contributed by atoms with Gasteiger partial charge < -0.3 is 4.74 Å². The number of methoxy groups -OCH3 is 1. The molecule has 0 unspecified atom stereocenters. The van der Waals surface area contributed by atoms with Crippen LogP contribution in [0.5, 0.6) is 5.88 Å². The molecule has 0 saturated carbocycles. The van der Waals surface area contributed by atoms with Crippen LogP contribution >= 0.6 is 0 Å². The summed E-state index contributed by atoms with van der Waals surface area (Å²) in [6.45, 7) is 2.10. The normalized spacial score (nSPS) is 10.4. The van der Waals surface area contributed by atoms with Gasteiger partial charge in [0.25, 0.3) is 0 Å². The van der Waals surface area contributed by atoms with Gasteiger partial charge in [-0.05, 0) is 18.6 Å². The standard InChI is InChI=1S/C11H14N4O/c1-3-5-9-13-10(15-14-9)8-6-4-7-12-11(8)16-2/h4,6-7H,3,5H2,1-2H3,(H,13,14,15). The highest BCUT2D eigenvalue weighted by atomic mass is 16.5. The first kappa shape index (κ1) is 10.6. The molecule has 0 aliphatic rings. The van der Waals surface area contributed by atoms with Crippen LogP contribution in [-0.4, -0.2) is 27.3 Å². The number of hydrogen-bond acceptors (Lipinski definition) is 4. The van der Waals surface area contributed by atoms with E-state index in [2.05, 4.69) is 27.1 Å². The van der Waals surface area contributed by atoms with E-state index in [0.29, 0.717) is 11.7 Å². The quantitative estimate of drug-likeness (QED) is 0.850. The number of rotatable bonds is 4. The number of nitrogens with one attached hydrogen (secondary N) is 1. The third-order valence-corrected chi connectivity index (χ3v) is 2.22. The fraction of sp³-hybridized carbons (Fsp3) is 0.364. The lowest BCUT2D eigenvalue weighted by Crippen LogP contribution is -1.92. The lowest BCUT2D eigenvalue weighted by molar-refractivity contribution is 0.399. The zero-order valence-electron chi connectivity index (χ0n) is 9.40. The van der Waals surface area contributed by atoms with Gasteiger partial charge in [0.15, 0.2) is 5.82 Å². The molecule has 16 heavy (non-hydrogen) atoms. The summed E-state index contributed by atoms with van der Waals surface area (Å²) < 4.78 is 5.16. The van der Waals surface area contributed by atoms with Crippen LogP contribution in [0.1, 0.15) is 19.2 Å². The predicted molar refractivity (Wildman–Crippen MR) is 60.2 cm³/mol. The molecule has 0 aliphatic heterocycles. The van der Waals surface area contributed by atoms with Gasteiger partial charge >= 0.3 is 0 Å². The van der Waals surface area contributed by atoms with E-state index in [0.717, 1.165) is 24.2 Å². The second-order valence-corrected chi connectivity index (χ2v) is 3.42.